The average molecular weight is 355 g/mol. The van der Waals surface area contributed by atoms with Crippen LogP contribution in [0.1, 0.15) is 36.5 Å². The van der Waals surface area contributed by atoms with E-state index in [-0.39, 0.29) is 5.91 Å². The third-order valence-electron chi connectivity index (χ3n) is 4.30. The minimum absolute atomic E-state index is 0.102. The van der Waals surface area contributed by atoms with Gasteiger partial charge in [-0.25, -0.2) is 0 Å². The number of aryl methyl sites for hydroxylation is 3. The van der Waals surface area contributed by atoms with E-state index in [0.29, 0.717) is 19.6 Å². The van der Waals surface area contributed by atoms with Crippen molar-refractivity contribution in [3.8, 4) is 11.5 Å². The molecule has 2 rings (SSSR count). The predicted molar refractivity (Wildman–Crippen MR) is 105 cm³/mol. The first-order chi connectivity index (χ1) is 12.6. The zero-order valence-electron chi connectivity index (χ0n) is 16.0. The van der Waals surface area contributed by atoms with Crippen molar-refractivity contribution in [3.63, 3.8) is 0 Å². The topological polar surface area (TPSA) is 47.6 Å². The molecule has 0 bridgehead atoms. The number of rotatable bonds is 10. The minimum atomic E-state index is 0.102. The molecule has 1 N–H and O–H groups in total. The van der Waals surface area contributed by atoms with Gasteiger partial charge in [0, 0.05) is 13.0 Å². The van der Waals surface area contributed by atoms with Crippen molar-refractivity contribution in [2.45, 2.75) is 39.5 Å². The fourth-order valence-corrected chi connectivity index (χ4v) is 2.88. The molecule has 0 saturated heterocycles. The fraction of sp³-hybridized carbons (Fsp3) is 0.409. The maximum absolute atomic E-state index is 12.0. The number of ether oxygens (including phenoxy) is 2. The van der Waals surface area contributed by atoms with Crippen molar-refractivity contribution < 1.29 is 14.3 Å². The van der Waals surface area contributed by atoms with E-state index in [1.165, 1.54) is 5.56 Å². The van der Waals surface area contributed by atoms with Gasteiger partial charge in [-0.3, -0.25) is 4.79 Å². The summed E-state index contributed by atoms with van der Waals surface area (Å²) in [5.74, 6) is 1.89. The van der Waals surface area contributed by atoms with Crippen LogP contribution in [0.25, 0.3) is 0 Å². The van der Waals surface area contributed by atoms with Gasteiger partial charge in [-0.15, -0.1) is 0 Å². The SMILES string of the molecule is CCOc1ccc(CCCNC(=O)CCc2ccc(OC)c(C)c2)cc1. The molecule has 4 nitrogen and oxygen atoms in total. The number of carbonyl (C=O) groups is 1. The molecule has 2 aromatic carbocycles. The zero-order valence-corrected chi connectivity index (χ0v) is 16.0. The summed E-state index contributed by atoms with van der Waals surface area (Å²) in [6.07, 6.45) is 3.14. The third-order valence-corrected chi connectivity index (χ3v) is 4.30. The number of nitrogens with one attached hydrogen (secondary N) is 1. The van der Waals surface area contributed by atoms with Gasteiger partial charge in [0.2, 0.25) is 5.91 Å². The molecule has 0 saturated carbocycles. The minimum Gasteiger partial charge on any atom is -0.496 e. The number of hydrogen-bond acceptors (Lipinski definition) is 3. The summed E-state index contributed by atoms with van der Waals surface area (Å²) >= 11 is 0. The molecule has 26 heavy (non-hydrogen) atoms. The first-order valence-electron chi connectivity index (χ1n) is 9.24. The Labute approximate surface area is 156 Å². The lowest BCUT2D eigenvalue weighted by molar-refractivity contribution is -0.121. The van der Waals surface area contributed by atoms with E-state index in [1.807, 2.05) is 38.1 Å². The lowest BCUT2D eigenvalue weighted by Crippen LogP contribution is -2.25. The van der Waals surface area contributed by atoms with Crippen LogP contribution in [0.2, 0.25) is 0 Å². The molecular formula is C22H29NO3. The Morgan fingerprint density at radius 1 is 1.04 bits per heavy atom. The lowest BCUT2D eigenvalue weighted by Gasteiger charge is -2.08. The molecule has 0 radical (unpaired) electrons. The zero-order chi connectivity index (χ0) is 18.8. The highest BCUT2D eigenvalue weighted by Crippen LogP contribution is 2.19. The van der Waals surface area contributed by atoms with E-state index >= 15 is 0 Å². The molecule has 2 aromatic rings. The number of hydrogen-bond donors (Lipinski definition) is 1. The Morgan fingerprint density at radius 2 is 1.77 bits per heavy atom. The van der Waals surface area contributed by atoms with Gasteiger partial charge in [0.25, 0.3) is 0 Å². The van der Waals surface area contributed by atoms with Crippen molar-refractivity contribution in [1.82, 2.24) is 5.32 Å². The van der Waals surface area contributed by atoms with E-state index in [0.717, 1.165) is 41.9 Å². The summed E-state index contributed by atoms with van der Waals surface area (Å²) in [4.78, 5) is 12.0. The van der Waals surface area contributed by atoms with E-state index in [1.54, 1.807) is 7.11 Å². The summed E-state index contributed by atoms with van der Waals surface area (Å²) in [6, 6.07) is 14.2. The fourth-order valence-electron chi connectivity index (χ4n) is 2.88. The molecule has 0 aliphatic rings. The summed E-state index contributed by atoms with van der Waals surface area (Å²) in [7, 11) is 1.67. The van der Waals surface area contributed by atoms with Crippen LogP contribution in [-0.4, -0.2) is 26.2 Å². The molecule has 0 atom stereocenters. The molecule has 140 valence electrons. The van der Waals surface area contributed by atoms with Crippen LogP contribution in [0.15, 0.2) is 42.5 Å². The van der Waals surface area contributed by atoms with Gasteiger partial charge < -0.3 is 14.8 Å². The van der Waals surface area contributed by atoms with Gasteiger partial charge in [0.1, 0.15) is 11.5 Å². The predicted octanol–water partition coefficient (Wildman–Crippen LogP) is 4.08. The van der Waals surface area contributed by atoms with Gasteiger partial charge in [0.15, 0.2) is 0 Å². The highest BCUT2D eigenvalue weighted by Gasteiger charge is 2.04. The summed E-state index contributed by atoms with van der Waals surface area (Å²) in [5.41, 5.74) is 3.52. The molecular weight excluding hydrogens is 326 g/mol. The maximum atomic E-state index is 12.0. The lowest BCUT2D eigenvalue weighted by atomic mass is 10.1. The van der Waals surface area contributed by atoms with Gasteiger partial charge in [-0.05, 0) is 68.0 Å². The maximum Gasteiger partial charge on any atom is 0.220 e. The highest BCUT2D eigenvalue weighted by molar-refractivity contribution is 5.76. The average Bonchev–Trinajstić information content (AvgIpc) is 2.65. The molecule has 0 spiro atoms. The van der Waals surface area contributed by atoms with E-state index in [4.69, 9.17) is 9.47 Å². The van der Waals surface area contributed by atoms with Crippen molar-refractivity contribution in [2.75, 3.05) is 20.3 Å². The summed E-state index contributed by atoms with van der Waals surface area (Å²) < 4.78 is 10.7. The monoisotopic (exact) mass is 355 g/mol. The van der Waals surface area contributed by atoms with Gasteiger partial charge in [0.05, 0.1) is 13.7 Å². The molecule has 0 unspecified atom stereocenters. The van der Waals surface area contributed by atoms with Crippen molar-refractivity contribution in [3.05, 3.63) is 59.2 Å². The largest absolute Gasteiger partial charge is 0.496 e. The normalized spacial score (nSPS) is 10.4. The number of carbonyl (C=O) groups excluding carboxylic acids is 1. The number of methoxy groups -OCH3 is 1. The van der Waals surface area contributed by atoms with Crippen molar-refractivity contribution in [1.29, 1.82) is 0 Å². The summed E-state index contributed by atoms with van der Waals surface area (Å²) in [6.45, 7) is 5.38. The standard InChI is InChI=1S/C22H29NO3/c1-4-26-20-11-7-18(8-12-20)6-5-15-23-22(24)14-10-19-9-13-21(25-3)17(2)16-19/h7-9,11-13,16H,4-6,10,14-15H2,1-3H3,(H,23,24). The van der Waals surface area contributed by atoms with E-state index < -0.39 is 0 Å². The number of amides is 1. The van der Waals surface area contributed by atoms with Crippen LogP contribution in [0.5, 0.6) is 11.5 Å². The van der Waals surface area contributed by atoms with E-state index in [9.17, 15) is 4.79 Å². The second-order valence-corrected chi connectivity index (χ2v) is 6.33. The van der Waals surface area contributed by atoms with Crippen LogP contribution in [0.3, 0.4) is 0 Å². The first-order valence-corrected chi connectivity index (χ1v) is 9.24. The molecule has 4 heteroatoms. The van der Waals surface area contributed by atoms with Gasteiger partial charge >= 0.3 is 0 Å². The molecule has 0 fully saturated rings. The van der Waals surface area contributed by atoms with E-state index in [2.05, 4.69) is 23.5 Å². The van der Waals surface area contributed by atoms with Gasteiger partial charge in [-0.1, -0.05) is 24.3 Å². The second-order valence-electron chi connectivity index (χ2n) is 6.33. The molecule has 0 heterocycles. The van der Waals surface area contributed by atoms with Crippen LogP contribution < -0.4 is 14.8 Å². The van der Waals surface area contributed by atoms with Crippen molar-refractivity contribution >= 4 is 5.91 Å². The molecule has 0 aliphatic heterocycles. The number of benzene rings is 2. The Kier molecular flexibility index (Phi) is 8.00. The Balaban J connectivity index is 1.65. The van der Waals surface area contributed by atoms with Crippen LogP contribution in [0, 0.1) is 6.92 Å². The summed E-state index contributed by atoms with van der Waals surface area (Å²) in [5, 5.41) is 3.00. The molecule has 0 aromatic heterocycles. The van der Waals surface area contributed by atoms with Crippen molar-refractivity contribution in [2.24, 2.45) is 0 Å². The third kappa shape index (κ3) is 6.43. The van der Waals surface area contributed by atoms with Gasteiger partial charge in [-0.2, -0.15) is 0 Å². The molecule has 1 amide bonds. The van der Waals surface area contributed by atoms with Crippen LogP contribution in [-0.2, 0) is 17.6 Å². The highest BCUT2D eigenvalue weighted by atomic mass is 16.5. The second kappa shape index (κ2) is 10.5. The van der Waals surface area contributed by atoms with Crippen LogP contribution in [0.4, 0.5) is 0 Å². The Morgan fingerprint density at radius 3 is 2.42 bits per heavy atom. The first kappa shape index (κ1) is 19.8. The quantitative estimate of drug-likeness (QED) is 0.653. The Hall–Kier alpha value is -2.49. The smallest absolute Gasteiger partial charge is 0.220 e. The van der Waals surface area contributed by atoms with Crippen LogP contribution >= 0.6 is 0 Å². The molecule has 0 aliphatic carbocycles. The Bertz CT molecular complexity index is 695.